The van der Waals surface area contributed by atoms with E-state index in [1.54, 1.807) is 0 Å². The zero-order valence-electron chi connectivity index (χ0n) is 6.13. The molecular formula is C9H10ClN. The van der Waals surface area contributed by atoms with Gasteiger partial charge in [-0.05, 0) is 18.6 Å². The van der Waals surface area contributed by atoms with Crippen molar-refractivity contribution in [3.63, 3.8) is 0 Å². The van der Waals surface area contributed by atoms with Crippen molar-refractivity contribution in [3.05, 3.63) is 30.3 Å². The van der Waals surface area contributed by atoms with Gasteiger partial charge in [0.25, 0.3) is 0 Å². The molecule has 0 saturated heterocycles. The van der Waals surface area contributed by atoms with Gasteiger partial charge in [-0.15, -0.1) is 11.6 Å². The second kappa shape index (κ2) is 2.74. The Morgan fingerprint density at radius 3 is 2.45 bits per heavy atom. The van der Waals surface area contributed by atoms with Crippen molar-refractivity contribution in [1.29, 1.82) is 0 Å². The van der Waals surface area contributed by atoms with Gasteiger partial charge in [0.2, 0.25) is 0 Å². The van der Waals surface area contributed by atoms with Crippen LogP contribution in [-0.2, 0) is 0 Å². The van der Waals surface area contributed by atoms with Crippen molar-refractivity contribution in [2.75, 3.05) is 5.32 Å². The maximum absolute atomic E-state index is 5.84. The van der Waals surface area contributed by atoms with Gasteiger partial charge in [0.15, 0.2) is 0 Å². The molecule has 1 aliphatic rings. The highest BCUT2D eigenvalue weighted by Crippen LogP contribution is 2.30. The Morgan fingerprint density at radius 1 is 1.27 bits per heavy atom. The second-order valence-electron chi connectivity index (χ2n) is 2.87. The lowest BCUT2D eigenvalue weighted by atomic mass is 10.3. The molecular weight excluding hydrogens is 158 g/mol. The van der Waals surface area contributed by atoms with E-state index in [9.17, 15) is 0 Å². The standard InChI is InChI=1S/C9H10ClN/c10-8-6-9(8)11-7-4-2-1-3-5-7/h1-5,8-9,11H,6H2. The first-order valence-electron chi connectivity index (χ1n) is 3.82. The van der Waals surface area contributed by atoms with Gasteiger partial charge in [-0.3, -0.25) is 0 Å². The number of rotatable bonds is 2. The van der Waals surface area contributed by atoms with Gasteiger partial charge in [-0.2, -0.15) is 0 Å². The maximum Gasteiger partial charge on any atom is 0.0557 e. The molecule has 2 unspecified atom stereocenters. The Kier molecular flexibility index (Phi) is 1.74. The van der Waals surface area contributed by atoms with E-state index >= 15 is 0 Å². The first kappa shape index (κ1) is 6.99. The number of nitrogens with one attached hydrogen (secondary N) is 1. The predicted octanol–water partition coefficient (Wildman–Crippen LogP) is 2.48. The molecule has 0 spiro atoms. The zero-order chi connectivity index (χ0) is 7.68. The van der Waals surface area contributed by atoms with Gasteiger partial charge in [-0.25, -0.2) is 0 Å². The smallest absolute Gasteiger partial charge is 0.0557 e. The third-order valence-corrected chi connectivity index (χ3v) is 2.32. The Bertz CT molecular complexity index is 235. The number of hydrogen-bond acceptors (Lipinski definition) is 1. The highest BCUT2D eigenvalue weighted by atomic mass is 35.5. The molecule has 11 heavy (non-hydrogen) atoms. The first-order valence-corrected chi connectivity index (χ1v) is 4.25. The summed E-state index contributed by atoms with van der Waals surface area (Å²) in [6.07, 6.45) is 1.09. The van der Waals surface area contributed by atoms with E-state index < -0.39 is 0 Å². The molecule has 0 heterocycles. The van der Waals surface area contributed by atoms with Crippen molar-refractivity contribution >= 4 is 17.3 Å². The van der Waals surface area contributed by atoms with E-state index in [1.807, 2.05) is 18.2 Å². The van der Waals surface area contributed by atoms with E-state index in [-0.39, 0.29) is 0 Å². The van der Waals surface area contributed by atoms with Crippen LogP contribution in [0.5, 0.6) is 0 Å². The number of hydrogen-bond donors (Lipinski definition) is 1. The summed E-state index contributed by atoms with van der Waals surface area (Å²) in [4.78, 5) is 0. The van der Waals surface area contributed by atoms with Gasteiger partial charge < -0.3 is 5.32 Å². The average molecular weight is 168 g/mol. The summed E-state index contributed by atoms with van der Waals surface area (Å²) in [6.45, 7) is 0. The van der Waals surface area contributed by atoms with Crippen LogP contribution in [0.1, 0.15) is 6.42 Å². The van der Waals surface area contributed by atoms with Crippen LogP contribution < -0.4 is 5.32 Å². The van der Waals surface area contributed by atoms with E-state index in [0.717, 1.165) is 6.42 Å². The van der Waals surface area contributed by atoms with Crippen LogP contribution in [-0.4, -0.2) is 11.4 Å². The van der Waals surface area contributed by atoms with Gasteiger partial charge in [0, 0.05) is 11.7 Å². The lowest BCUT2D eigenvalue weighted by molar-refractivity contribution is 1.16. The fourth-order valence-corrected chi connectivity index (χ4v) is 1.32. The first-order chi connectivity index (χ1) is 5.36. The lowest BCUT2D eigenvalue weighted by Gasteiger charge is -2.02. The molecule has 0 aliphatic heterocycles. The SMILES string of the molecule is ClC1CC1Nc1ccccc1. The van der Waals surface area contributed by atoms with Gasteiger partial charge in [0.05, 0.1) is 5.38 Å². The monoisotopic (exact) mass is 167 g/mol. The molecule has 2 atom stereocenters. The second-order valence-corrected chi connectivity index (χ2v) is 3.43. The summed E-state index contributed by atoms with van der Waals surface area (Å²) in [5.41, 5.74) is 1.17. The molecule has 0 amide bonds. The minimum atomic E-state index is 0.343. The van der Waals surface area contributed by atoms with Crippen molar-refractivity contribution in [3.8, 4) is 0 Å². The molecule has 0 aromatic heterocycles. The number of benzene rings is 1. The number of anilines is 1. The van der Waals surface area contributed by atoms with Crippen LogP contribution >= 0.6 is 11.6 Å². The molecule has 1 aromatic rings. The molecule has 1 N–H and O–H groups in total. The van der Waals surface area contributed by atoms with Crippen LogP contribution in [0.25, 0.3) is 0 Å². The highest BCUT2D eigenvalue weighted by molar-refractivity contribution is 6.23. The van der Waals surface area contributed by atoms with Gasteiger partial charge >= 0.3 is 0 Å². The third kappa shape index (κ3) is 1.66. The molecule has 2 rings (SSSR count). The van der Waals surface area contributed by atoms with Crippen LogP contribution in [0.2, 0.25) is 0 Å². The van der Waals surface area contributed by atoms with E-state index in [0.29, 0.717) is 11.4 Å². The number of para-hydroxylation sites is 1. The molecule has 1 aromatic carbocycles. The van der Waals surface area contributed by atoms with Crippen molar-refractivity contribution in [1.82, 2.24) is 0 Å². The largest absolute Gasteiger partial charge is 0.381 e. The van der Waals surface area contributed by atoms with Crippen molar-refractivity contribution in [2.24, 2.45) is 0 Å². The van der Waals surface area contributed by atoms with E-state index in [4.69, 9.17) is 11.6 Å². The van der Waals surface area contributed by atoms with Gasteiger partial charge in [0.1, 0.15) is 0 Å². The summed E-state index contributed by atoms with van der Waals surface area (Å²) in [6, 6.07) is 10.7. The molecule has 58 valence electrons. The predicted molar refractivity (Wildman–Crippen MR) is 48.1 cm³/mol. The normalized spacial score (nSPS) is 28.1. The summed E-state index contributed by atoms with van der Waals surface area (Å²) in [7, 11) is 0. The fraction of sp³-hybridized carbons (Fsp3) is 0.333. The molecule has 1 fully saturated rings. The summed E-state index contributed by atoms with van der Waals surface area (Å²) in [5.74, 6) is 0. The summed E-state index contributed by atoms with van der Waals surface area (Å²) < 4.78 is 0. The average Bonchev–Trinajstić information content (AvgIpc) is 2.69. The Hall–Kier alpha value is -0.690. The van der Waals surface area contributed by atoms with Gasteiger partial charge in [-0.1, -0.05) is 18.2 Å². The fourth-order valence-electron chi connectivity index (χ4n) is 1.06. The van der Waals surface area contributed by atoms with Crippen LogP contribution in [0.15, 0.2) is 30.3 Å². The Labute approximate surface area is 71.4 Å². The topological polar surface area (TPSA) is 12.0 Å². The Morgan fingerprint density at radius 2 is 1.91 bits per heavy atom. The summed E-state index contributed by atoms with van der Waals surface area (Å²) in [5, 5.41) is 3.68. The minimum Gasteiger partial charge on any atom is -0.381 e. The molecule has 2 heteroatoms. The van der Waals surface area contributed by atoms with Crippen LogP contribution in [0.4, 0.5) is 5.69 Å². The molecule has 0 bridgehead atoms. The quantitative estimate of drug-likeness (QED) is 0.668. The number of alkyl halides is 1. The number of halogens is 1. The molecule has 1 nitrogen and oxygen atoms in total. The van der Waals surface area contributed by atoms with E-state index in [1.165, 1.54) is 5.69 Å². The highest BCUT2D eigenvalue weighted by Gasteiger charge is 2.34. The molecule has 0 radical (unpaired) electrons. The van der Waals surface area contributed by atoms with Crippen molar-refractivity contribution < 1.29 is 0 Å². The molecule has 1 saturated carbocycles. The maximum atomic E-state index is 5.84. The van der Waals surface area contributed by atoms with Crippen LogP contribution in [0.3, 0.4) is 0 Å². The zero-order valence-corrected chi connectivity index (χ0v) is 6.88. The third-order valence-electron chi connectivity index (χ3n) is 1.84. The summed E-state index contributed by atoms with van der Waals surface area (Å²) >= 11 is 5.84. The lowest BCUT2D eigenvalue weighted by Crippen LogP contribution is -2.03. The minimum absolute atomic E-state index is 0.343. The van der Waals surface area contributed by atoms with Crippen LogP contribution in [0, 0.1) is 0 Å². The Balaban J connectivity index is 1.97. The molecule has 1 aliphatic carbocycles. The van der Waals surface area contributed by atoms with E-state index in [2.05, 4.69) is 17.4 Å². The van der Waals surface area contributed by atoms with Crippen molar-refractivity contribution in [2.45, 2.75) is 17.8 Å².